The van der Waals surface area contributed by atoms with Gasteiger partial charge in [-0.3, -0.25) is 9.52 Å². The largest absolute Gasteiger partial charge is 0.497 e. The van der Waals surface area contributed by atoms with Crippen LogP contribution in [0.1, 0.15) is 21.5 Å². The Kier molecular flexibility index (Phi) is 6.45. The average Bonchev–Trinajstić information content (AvgIpc) is 3.21. The van der Waals surface area contributed by atoms with E-state index in [1.165, 1.54) is 25.6 Å². The first-order chi connectivity index (χ1) is 16.2. The number of aryl methyl sites for hydroxylation is 2. The number of anilines is 2. The Morgan fingerprint density at radius 3 is 2.21 bits per heavy atom. The minimum Gasteiger partial charge on any atom is -0.497 e. The van der Waals surface area contributed by atoms with Crippen LogP contribution in [0.25, 0.3) is 10.2 Å². The van der Waals surface area contributed by atoms with E-state index in [2.05, 4.69) is 15.0 Å². The molecule has 8 nitrogen and oxygen atoms in total. The molecule has 176 valence electrons. The molecule has 0 atom stereocenters. The summed E-state index contributed by atoms with van der Waals surface area (Å²) in [6, 6.07) is 15.1. The monoisotopic (exact) mass is 497 g/mol. The molecule has 0 bridgehead atoms. The zero-order chi connectivity index (χ0) is 24.5. The standard InChI is InChI=1S/C24H23N3O5S2/c1-14-5-7-20(8-6-14)34(29,30)27-24-26-22-15(2)9-17(12-21(22)33-24)25-23(28)16-10-18(31-3)13-19(11-16)32-4/h5-13H,1-4H3,(H,25,28)(H,26,27). The highest BCUT2D eigenvalue weighted by atomic mass is 32.2. The molecule has 0 saturated carbocycles. The number of rotatable bonds is 7. The number of benzene rings is 3. The van der Waals surface area contributed by atoms with E-state index in [0.717, 1.165) is 15.8 Å². The van der Waals surface area contributed by atoms with Gasteiger partial charge in [-0.15, -0.1) is 0 Å². The Morgan fingerprint density at radius 1 is 0.941 bits per heavy atom. The number of carbonyl (C=O) groups excluding carboxylic acids is 1. The molecule has 3 aromatic carbocycles. The van der Waals surface area contributed by atoms with Gasteiger partial charge in [0.25, 0.3) is 15.9 Å². The number of hydrogen-bond acceptors (Lipinski definition) is 7. The molecule has 4 rings (SSSR count). The fourth-order valence-electron chi connectivity index (χ4n) is 3.35. The fraction of sp³-hybridized carbons (Fsp3) is 0.167. The maximum absolute atomic E-state index is 12.8. The number of aromatic nitrogens is 1. The van der Waals surface area contributed by atoms with E-state index in [4.69, 9.17) is 9.47 Å². The lowest BCUT2D eigenvalue weighted by Crippen LogP contribution is -2.12. The van der Waals surface area contributed by atoms with Crippen molar-refractivity contribution in [2.45, 2.75) is 18.7 Å². The molecular formula is C24H23N3O5S2. The van der Waals surface area contributed by atoms with Gasteiger partial charge in [-0.1, -0.05) is 29.0 Å². The van der Waals surface area contributed by atoms with E-state index in [0.29, 0.717) is 28.3 Å². The van der Waals surface area contributed by atoms with Gasteiger partial charge in [-0.25, -0.2) is 13.4 Å². The topological polar surface area (TPSA) is 107 Å². The van der Waals surface area contributed by atoms with E-state index in [1.54, 1.807) is 54.6 Å². The summed E-state index contributed by atoms with van der Waals surface area (Å²) in [6.07, 6.45) is 0. The van der Waals surface area contributed by atoms with Crippen molar-refractivity contribution in [3.05, 3.63) is 71.3 Å². The molecule has 0 fully saturated rings. The van der Waals surface area contributed by atoms with Crippen LogP contribution < -0.4 is 19.5 Å². The van der Waals surface area contributed by atoms with Gasteiger partial charge in [-0.05, 0) is 55.8 Å². The Hall–Kier alpha value is -3.63. The third-order valence-corrected chi connectivity index (χ3v) is 7.51. The van der Waals surface area contributed by atoms with Gasteiger partial charge in [0.1, 0.15) is 11.5 Å². The second kappa shape index (κ2) is 9.32. The van der Waals surface area contributed by atoms with Crippen LogP contribution in [-0.2, 0) is 10.0 Å². The summed E-state index contributed by atoms with van der Waals surface area (Å²) in [4.78, 5) is 17.5. The number of nitrogens with zero attached hydrogens (tertiary/aromatic N) is 1. The van der Waals surface area contributed by atoms with Crippen molar-refractivity contribution in [2.24, 2.45) is 0 Å². The quantitative estimate of drug-likeness (QED) is 0.373. The van der Waals surface area contributed by atoms with Crippen LogP contribution >= 0.6 is 11.3 Å². The fourth-order valence-corrected chi connectivity index (χ4v) is 5.56. The molecule has 1 aromatic heterocycles. The van der Waals surface area contributed by atoms with E-state index < -0.39 is 10.0 Å². The highest BCUT2D eigenvalue weighted by molar-refractivity contribution is 7.93. The van der Waals surface area contributed by atoms with Gasteiger partial charge in [0.2, 0.25) is 0 Å². The molecular weight excluding hydrogens is 474 g/mol. The van der Waals surface area contributed by atoms with Gasteiger partial charge in [0.15, 0.2) is 5.13 Å². The minimum atomic E-state index is -3.76. The number of ether oxygens (including phenoxy) is 2. The molecule has 4 aromatic rings. The number of fused-ring (bicyclic) bond motifs is 1. The van der Waals surface area contributed by atoms with Crippen molar-refractivity contribution in [1.82, 2.24) is 4.98 Å². The summed E-state index contributed by atoms with van der Waals surface area (Å²) in [5.41, 5.74) is 3.37. The van der Waals surface area contributed by atoms with E-state index in [9.17, 15) is 13.2 Å². The normalized spacial score (nSPS) is 11.3. The lowest BCUT2D eigenvalue weighted by molar-refractivity contribution is 0.102. The SMILES string of the molecule is COc1cc(OC)cc(C(=O)Nc2cc(C)c3nc(NS(=O)(=O)c4ccc(C)cc4)sc3c2)c1. The second-order valence-electron chi connectivity index (χ2n) is 7.63. The Balaban J connectivity index is 1.59. The first kappa shape index (κ1) is 23.5. The summed E-state index contributed by atoms with van der Waals surface area (Å²) in [5.74, 6) is 0.675. The number of thiazole rings is 1. The van der Waals surface area contributed by atoms with Gasteiger partial charge in [0.05, 0.1) is 29.3 Å². The first-order valence-corrected chi connectivity index (χ1v) is 12.5. The van der Waals surface area contributed by atoms with Crippen molar-refractivity contribution in [1.29, 1.82) is 0 Å². The number of methoxy groups -OCH3 is 2. The van der Waals surface area contributed by atoms with Gasteiger partial charge in [0, 0.05) is 17.3 Å². The van der Waals surface area contributed by atoms with Crippen LogP contribution in [0.4, 0.5) is 10.8 Å². The molecule has 0 aliphatic carbocycles. The van der Waals surface area contributed by atoms with Crippen LogP contribution in [0.15, 0.2) is 59.5 Å². The van der Waals surface area contributed by atoms with Crippen molar-refractivity contribution in [3.8, 4) is 11.5 Å². The summed E-state index contributed by atoms with van der Waals surface area (Å²) >= 11 is 1.19. The molecule has 0 spiro atoms. The number of carbonyl (C=O) groups is 1. The Morgan fingerprint density at radius 2 is 1.59 bits per heavy atom. The molecule has 1 amide bonds. The van der Waals surface area contributed by atoms with Crippen LogP contribution in [-0.4, -0.2) is 33.5 Å². The van der Waals surface area contributed by atoms with Crippen molar-refractivity contribution < 1.29 is 22.7 Å². The van der Waals surface area contributed by atoms with E-state index >= 15 is 0 Å². The van der Waals surface area contributed by atoms with Crippen LogP contribution in [0, 0.1) is 13.8 Å². The molecule has 0 aliphatic rings. The number of hydrogen-bond donors (Lipinski definition) is 2. The molecule has 34 heavy (non-hydrogen) atoms. The number of sulfonamides is 1. The van der Waals surface area contributed by atoms with Crippen LogP contribution in [0.5, 0.6) is 11.5 Å². The molecule has 0 saturated heterocycles. The van der Waals surface area contributed by atoms with Crippen LogP contribution in [0.3, 0.4) is 0 Å². The van der Waals surface area contributed by atoms with E-state index in [-0.39, 0.29) is 15.9 Å². The molecule has 1 heterocycles. The third kappa shape index (κ3) is 4.97. The maximum atomic E-state index is 12.8. The highest BCUT2D eigenvalue weighted by Gasteiger charge is 2.18. The smallest absolute Gasteiger partial charge is 0.263 e. The second-order valence-corrected chi connectivity index (χ2v) is 10.3. The minimum absolute atomic E-state index is 0.163. The first-order valence-electron chi connectivity index (χ1n) is 10.2. The number of nitrogens with one attached hydrogen (secondary N) is 2. The van der Waals surface area contributed by atoms with Crippen molar-refractivity contribution >= 4 is 48.3 Å². The maximum Gasteiger partial charge on any atom is 0.263 e. The zero-order valence-corrected chi connectivity index (χ0v) is 20.6. The molecule has 0 radical (unpaired) electrons. The predicted octanol–water partition coefficient (Wildman–Crippen LogP) is 4.98. The predicted molar refractivity (Wildman–Crippen MR) is 134 cm³/mol. The lowest BCUT2D eigenvalue weighted by Gasteiger charge is -2.10. The zero-order valence-electron chi connectivity index (χ0n) is 19.0. The van der Waals surface area contributed by atoms with Gasteiger partial charge >= 0.3 is 0 Å². The Labute approximate surface area is 201 Å². The number of amides is 1. The van der Waals surface area contributed by atoms with Gasteiger partial charge in [-0.2, -0.15) is 0 Å². The molecule has 0 aliphatic heterocycles. The van der Waals surface area contributed by atoms with Crippen molar-refractivity contribution in [3.63, 3.8) is 0 Å². The molecule has 0 unspecified atom stereocenters. The van der Waals surface area contributed by atoms with Crippen LogP contribution in [0.2, 0.25) is 0 Å². The highest BCUT2D eigenvalue weighted by Crippen LogP contribution is 2.33. The molecule has 2 N–H and O–H groups in total. The Bertz CT molecular complexity index is 1460. The average molecular weight is 498 g/mol. The molecule has 10 heteroatoms. The summed E-state index contributed by atoms with van der Waals surface area (Å²) in [7, 11) is -0.732. The summed E-state index contributed by atoms with van der Waals surface area (Å²) < 4.78 is 39.2. The lowest BCUT2D eigenvalue weighted by atomic mass is 10.1. The van der Waals surface area contributed by atoms with Crippen molar-refractivity contribution in [2.75, 3.05) is 24.3 Å². The summed E-state index contributed by atoms with van der Waals surface area (Å²) in [5, 5.41) is 3.12. The van der Waals surface area contributed by atoms with Gasteiger partial charge < -0.3 is 14.8 Å². The van der Waals surface area contributed by atoms with E-state index in [1.807, 2.05) is 13.8 Å². The third-order valence-electron chi connectivity index (χ3n) is 5.11. The summed E-state index contributed by atoms with van der Waals surface area (Å²) in [6.45, 7) is 3.74.